The molecule has 29 heavy (non-hydrogen) atoms. The number of benzene rings is 2. The van der Waals surface area contributed by atoms with Crippen molar-refractivity contribution in [1.82, 2.24) is 0 Å². The fourth-order valence-electron chi connectivity index (χ4n) is 2.91. The molecule has 1 saturated heterocycles. The van der Waals surface area contributed by atoms with Gasteiger partial charge in [-0.25, -0.2) is 4.39 Å². The van der Waals surface area contributed by atoms with Gasteiger partial charge in [0.2, 0.25) is 0 Å². The first-order valence-corrected chi connectivity index (χ1v) is 8.76. The number of carbonyl (C=O) groups excluding carboxylic acids is 1. The van der Waals surface area contributed by atoms with Gasteiger partial charge in [0.05, 0.1) is 22.9 Å². The molecule has 0 aromatic heterocycles. The molecule has 1 heterocycles. The van der Waals surface area contributed by atoms with Crippen molar-refractivity contribution < 1.29 is 27.5 Å². The SMILES string of the molecule is CC1(S)C(=O)N(c2ccc(C#N)c(C(F)(F)F)c2)C(=S)N1c1ccc(O)c(F)c1. The maximum atomic E-state index is 13.8. The average Bonchev–Trinajstić information content (AvgIpc) is 2.81. The summed E-state index contributed by atoms with van der Waals surface area (Å²) >= 11 is 9.57. The molecular weight excluding hydrogens is 430 g/mol. The summed E-state index contributed by atoms with van der Waals surface area (Å²) < 4.78 is 53.7. The van der Waals surface area contributed by atoms with Crippen molar-refractivity contribution in [2.75, 3.05) is 9.80 Å². The molecule has 0 spiro atoms. The number of carbonyl (C=O) groups is 1. The molecule has 1 aliphatic heterocycles. The molecule has 0 bridgehead atoms. The van der Waals surface area contributed by atoms with Crippen molar-refractivity contribution in [3.8, 4) is 11.8 Å². The van der Waals surface area contributed by atoms with E-state index in [1.165, 1.54) is 19.1 Å². The van der Waals surface area contributed by atoms with E-state index in [1.807, 2.05) is 0 Å². The van der Waals surface area contributed by atoms with Gasteiger partial charge < -0.3 is 5.11 Å². The number of anilines is 2. The lowest BCUT2D eigenvalue weighted by atomic mass is 10.1. The van der Waals surface area contributed by atoms with Crippen LogP contribution in [-0.4, -0.2) is 21.0 Å². The Balaban J connectivity index is 2.13. The number of rotatable bonds is 2. The Labute approximate surface area is 173 Å². The van der Waals surface area contributed by atoms with Crippen LogP contribution in [0.3, 0.4) is 0 Å². The van der Waals surface area contributed by atoms with Gasteiger partial charge in [0, 0.05) is 11.8 Å². The van der Waals surface area contributed by atoms with Gasteiger partial charge in [0.25, 0.3) is 5.91 Å². The highest BCUT2D eigenvalue weighted by Gasteiger charge is 2.51. The zero-order chi connectivity index (χ0) is 21.7. The highest BCUT2D eigenvalue weighted by Crippen LogP contribution is 2.41. The number of nitriles is 1. The molecule has 2 aromatic rings. The molecule has 3 rings (SSSR count). The number of hydrogen-bond acceptors (Lipinski definition) is 5. The lowest BCUT2D eigenvalue weighted by molar-refractivity contribution is -0.137. The molecule has 0 aliphatic carbocycles. The molecule has 1 N–H and O–H groups in total. The van der Waals surface area contributed by atoms with E-state index < -0.39 is 39.6 Å². The minimum atomic E-state index is -4.82. The summed E-state index contributed by atoms with van der Waals surface area (Å²) in [6, 6.07) is 7.46. The Morgan fingerprint density at radius 1 is 1.21 bits per heavy atom. The summed E-state index contributed by atoms with van der Waals surface area (Å²) in [5.41, 5.74) is -1.97. The number of thiocarbonyl (C=S) groups is 1. The fraction of sp³-hybridized carbons (Fsp3) is 0.167. The zero-order valence-electron chi connectivity index (χ0n) is 14.5. The van der Waals surface area contributed by atoms with Gasteiger partial charge in [-0.15, -0.1) is 12.6 Å². The van der Waals surface area contributed by atoms with Crippen molar-refractivity contribution in [3.63, 3.8) is 0 Å². The highest BCUT2D eigenvalue weighted by molar-refractivity contribution is 7.84. The van der Waals surface area contributed by atoms with Gasteiger partial charge in [0.15, 0.2) is 21.6 Å². The minimum Gasteiger partial charge on any atom is -0.505 e. The van der Waals surface area contributed by atoms with Crippen molar-refractivity contribution in [2.24, 2.45) is 0 Å². The Bertz CT molecular complexity index is 1080. The maximum Gasteiger partial charge on any atom is 0.417 e. The van der Waals surface area contributed by atoms with E-state index in [0.29, 0.717) is 6.07 Å². The lowest BCUT2D eigenvalue weighted by Gasteiger charge is -2.28. The number of nitrogens with zero attached hydrogens (tertiary/aromatic N) is 3. The van der Waals surface area contributed by atoms with Crippen LogP contribution in [-0.2, 0) is 11.0 Å². The third-order valence-electron chi connectivity index (χ3n) is 4.30. The molecule has 0 radical (unpaired) electrons. The summed E-state index contributed by atoms with van der Waals surface area (Å²) in [7, 11) is 0. The monoisotopic (exact) mass is 441 g/mol. The lowest BCUT2D eigenvalue weighted by Crippen LogP contribution is -2.42. The van der Waals surface area contributed by atoms with E-state index >= 15 is 0 Å². The Kier molecular flexibility index (Phi) is 4.96. The average molecular weight is 441 g/mol. The number of phenolic OH excluding ortho intramolecular Hbond substituents is 1. The van der Waals surface area contributed by atoms with Crippen LogP contribution in [0.1, 0.15) is 18.1 Å². The third-order valence-corrected chi connectivity index (χ3v) is 5.06. The molecule has 2 aromatic carbocycles. The molecule has 11 heteroatoms. The number of halogens is 4. The highest BCUT2D eigenvalue weighted by atomic mass is 32.1. The Hall–Kier alpha value is -2.84. The largest absolute Gasteiger partial charge is 0.505 e. The van der Waals surface area contributed by atoms with Gasteiger partial charge in [-0.05, 0) is 49.5 Å². The number of thiol groups is 1. The van der Waals surface area contributed by atoms with Crippen LogP contribution in [0.2, 0.25) is 0 Å². The van der Waals surface area contributed by atoms with Crippen molar-refractivity contribution in [2.45, 2.75) is 18.0 Å². The Morgan fingerprint density at radius 3 is 2.38 bits per heavy atom. The van der Waals surface area contributed by atoms with Gasteiger partial charge >= 0.3 is 6.18 Å². The molecule has 1 unspecified atom stereocenters. The molecule has 1 amide bonds. The first-order valence-electron chi connectivity index (χ1n) is 7.90. The second kappa shape index (κ2) is 6.89. The number of hydrogen-bond donors (Lipinski definition) is 2. The van der Waals surface area contributed by atoms with Crippen molar-refractivity contribution >= 4 is 47.2 Å². The summed E-state index contributed by atoms with van der Waals surface area (Å²) in [5.74, 6) is -2.36. The van der Waals surface area contributed by atoms with Crippen LogP contribution in [0, 0.1) is 17.1 Å². The third kappa shape index (κ3) is 3.38. The molecule has 150 valence electrons. The minimum absolute atomic E-state index is 0.0725. The molecular formula is C18H11F4N3O2S2. The molecule has 1 aliphatic rings. The van der Waals surface area contributed by atoms with Crippen LogP contribution < -0.4 is 9.80 Å². The van der Waals surface area contributed by atoms with E-state index in [4.69, 9.17) is 17.5 Å². The standard InChI is InChI=1S/C18H11F4N3O2S2/c1-17(29)15(27)24(10-3-2-9(8-23)12(6-10)18(20,21)22)16(28)25(17)11-4-5-14(26)13(19)7-11/h2-7,26,29H,1H3. The molecule has 5 nitrogen and oxygen atoms in total. The van der Waals surface area contributed by atoms with Gasteiger partial charge in [-0.1, -0.05) is 0 Å². The zero-order valence-corrected chi connectivity index (χ0v) is 16.2. The molecule has 1 atom stereocenters. The van der Waals surface area contributed by atoms with Gasteiger partial charge in [-0.3, -0.25) is 14.6 Å². The predicted molar refractivity (Wildman–Crippen MR) is 104 cm³/mol. The maximum absolute atomic E-state index is 13.8. The summed E-state index contributed by atoms with van der Waals surface area (Å²) in [5, 5.41) is 18.1. The Morgan fingerprint density at radius 2 is 1.83 bits per heavy atom. The van der Waals surface area contributed by atoms with E-state index in [9.17, 15) is 27.5 Å². The first-order chi connectivity index (χ1) is 13.4. The van der Waals surface area contributed by atoms with Crippen LogP contribution in [0.4, 0.5) is 28.9 Å². The number of phenols is 1. The first kappa shape index (κ1) is 20.9. The molecule has 0 saturated carbocycles. The second-order valence-electron chi connectivity index (χ2n) is 6.25. The number of alkyl halides is 3. The predicted octanol–water partition coefficient (Wildman–Crippen LogP) is 4.21. The summed E-state index contributed by atoms with van der Waals surface area (Å²) in [6.45, 7) is 1.35. The van der Waals surface area contributed by atoms with Crippen LogP contribution >= 0.6 is 24.8 Å². The van der Waals surface area contributed by atoms with E-state index in [1.54, 1.807) is 0 Å². The van der Waals surface area contributed by atoms with E-state index in [2.05, 4.69) is 12.6 Å². The molecule has 1 fully saturated rings. The topological polar surface area (TPSA) is 67.6 Å². The smallest absolute Gasteiger partial charge is 0.417 e. The summed E-state index contributed by atoms with van der Waals surface area (Å²) in [6.07, 6.45) is -4.82. The van der Waals surface area contributed by atoms with E-state index in [-0.39, 0.29) is 16.5 Å². The van der Waals surface area contributed by atoms with Crippen molar-refractivity contribution in [1.29, 1.82) is 5.26 Å². The number of amides is 1. The van der Waals surface area contributed by atoms with Gasteiger partial charge in [0.1, 0.15) is 0 Å². The quantitative estimate of drug-likeness (QED) is 0.415. The summed E-state index contributed by atoms with van der Waals surface area (Å²) in [4.78, 5) is 13.3. The second-order valence-corrected chi connectivity index (χ2v) is 7.49. The number of aromatic hydroxyl groups is 1. The van der Waals surface area contributed by atoms with Crippen LogP contribution in [0.25, 0.3) is 0 Å². The van der Waals surface area contributed by atoms with Crippen LogP contribution in [0.5, 0.6) is 5.75 Å². The van der Waals surface area contributed by atoms with Crippen LogP contribution in [0.15, 0.2) is 36.4 Å². The fourth-order valence-corrected chi connectivity index (χ4v) is 3.76. The van der Waals surface area contributed by atoms with E-state index in [0.717, 1.165) is 34.1 Å². The van der Waals surface area contributed by atoms with Crippen molar-refractivity contribution in [3.05, 3.63) is 53.3 Å². The van der Waals surface area contributed by atoms with Gasteiger partial charge in [-0.2, -0.15) is 18.4 Å². The normalized spacial score (nSPS) is 19.6.